The van der Waals surface area contributed by atoms with E-state index in [-0.39, 0.29) is 5.91 Å². The van der Waals surface area contributed by atoms with Gasteiger partial charge >= 0.3 is 0 Å². The summed E-state index contributed by atoms with van der Waals surface area (Å²) < 4.78 is 10.8. The summed E-state index contributed by atoms with van der Waals surface area (Å²) >= 11 is 0. The molecular formula is C17H22N2O3. The number of benzene rings is 1. The van der Waals surface area contributed by atoms with Crippen molar-refractivity contribution >= 4 is 5.91 Å². The average Bonchev–Trinajstić information content (AvgIpc) is 2.83. The van der Waals surface area contributed by atoms with Crippen molar-refractivity contribution in [1.82, 2.24) is 10.3 Å². The maximum Gasteiger partial charge on any atom is 0.220 e. The van der Waals surface area contributed by atoms with Crippen LogP contribution >= 0.6 is 0 Å². The average molecular weight is 302 g/mol. The van der Waals surface area contributed by atoms with Gasteiger partial charge in [0.25, 0.3) is 0 Å². The summed E-state index contributed by atoms with van der Waals surface area (Å²) in [5, 5.41) is 2.91. The van der Waals surface area contributed by atoms with Crippen LogP contribution in [0, 0.1) is 13.8 Å². The Morgan fingerprint density at radius 3 is 2.73 bits per heavy atom. The third-order valence-corrected chi connectivity index (χ3v) is 3.49. The lowest BCUT2D eigenvalue weighted by atomic mass is 10.1. The zero-order valence-corrected chi connectivity index (χ0v) is 13.3. The minimum atomic E-state index is 0.0276. The Labute approximate surface area is 130 Å². The third kappa shape index (κ3) is 4.35. The third-order valence-electron chi connectivity index (χ3n) is 3.49. The van der Waals surface area contributed by atoms with Gasteiger partial charge in [-0.1, -0.05) is 18.2 Å². The van der Waals surface area contributed by atoms with E-state index in [0.29, 0.717) is 31.7 Å². The molecule has 0 aliphatic heterocycles. The molecule has 1 heterocycles. The number of ether oxygens (including phenoxy) is 1. The molecular weight excluding hydrogens is 280 g/mol. The van der Waals surface area contributed by atoms with E-state index in [4.69, 9.17) is 9.15 Å². The quantitative estimate of drug-likeness (QED) is 0.854. The van der Waals surface area contributed by atoms with Gasteiger partial charge in [-0.3, -0.25) is 4.79 Å². The van der Waals surface area contributed by atoms with Crippen LogP contribution in [0.15, 0.2) is 28.7 Å². The summed E-state index contributed by atoms with van der Waals surface area (Å²) in [6.07, 6.45) is 1.76. The predicted octanol–water partition coefficient (Wildman–Crippen LogP) is 2.59. The van der Waals surface area contributed by atoms with Crippen molar-refractivity contribution in [2.45, 2.75) is 33.1 Å². The van der Waals surface area contributed by atoms with Crippen LogP contribution in [-0.2, 0) is 17.6 Å². The Kier molecular flexibility index (Phi) is 5.58. The van der Waals surface area contributed by atoms with Gasteiger partial charge in [0.15, 0.2) is 5.89 Å². The number of nitrogens with zero attached hydrogens (tertiary/aromatic N) is 1. The molecule has 5 heteroatoms. The first-order valence-electron chi connectivity index (χ1n) is 7.41. The minimum Gasteiger partial charge on any atom is -0.496 e. The number of carbonyl (C=O) groups excluding carboxylic acids is 1. The molecule has 2 aromatic rings. The first kappa shape index (κ1) is 16.1. The highest BCUT2D eigenvalue weighted by Crippen LogP contribution is 2.18. The number of oxazole rings is 1. The highest BCUT2D eigenvalue weighted by Gasteiger charge is 2.08. The molecule has 1 N–H and O–H groups in total. The highest BCUT2D eigenvalue weighted by molar-refractivity contribution is 5.76. The van der Waals surface area contributed by atoms with Crippen molar-refractivity contribution < 1.29 is 13.9 Å². The number of methoxy groups -OCH3 is 1. The van der Waals surface area contributed by atoms with Crippen LogP contribution in [-0.4, -0.2) is 24.5 Å². The standard InChI is InChI=1S/C17H22N2O3/c1-12-15(22-13(2)19-12)10-11-18-17(20)9-8-14-6-4-5-7-16(14)21-3/h4-7H,8-11H2,1-3H3,(H,18,20). The van der Waals surface area contributed by atoms with Gasteiger partial charge in [0.1, 0.15) is 11.5 Å². The van der Waals surface area contributed by atoms with E-state index in [1.165, 1.54) is 0 Å². The van der Waals surface area contributed by atoms with Crippen molar-refractivity contribution in [2.75, 3.05) is 13.7 Å². The van der Waals surface area contributed by atoms with Gasteiger partial charge in [-0.15, -0.1) is 0 Å². The molecule has 2 rings (SSSR count). The molecule has 0 fully saturated rings. The summed E-state index contributed by atoms with van der Waals surface area (Å²) in [4.78, 5) is 16.1. The molecule has 0 saturated carbocycles. The Hall–Kier alpha value is -2.30. The SMILES string of the molecule is COc1ccccc1CCC(=O)NCCc1oc(C)nc1C. The lowest BCUT2D eigenvalue weighted by Gasteiger charge is -2.08. The zero-order chi connectivity index (χ0) is 15.9. The van der Waals surface area contributed by atoms with Crippen molar-refractivity contribution in [1.29, 1.82) is 0 Å². The molecule has 0 unspecified atom stereocenters. The van der Waals surface area contributed by atoms with E-state index in [1.807, 2.05) is 38.1 Å². The van der Waals surface area contributed by atoms with Crippen LogP contribution in [0.3, 0.4) is 0 Å². The van der Waals surface area contributed by atoms with E-state index in [0.717, 1.165) is 22.8 Å². The first-order valence-corrected chi connectivity index (χ1v) is 7.41. The second-order valence-electron chi connectivity index (χ2n) is 5.15. The maximum absolute atomic E-state index is 11.9. The largest absolute Gasteiger partial charge is 0.496 e. The lowest BCUT2D eigenvalue weighted by Crippen LogP contribution is -2.26. The molecule has 5 nitrogen and oxygen atoms in total. The number of rotatable bonds is 7. The fourth-order valence-corrected chi connectivity index (χ4v) is 2.37. The van der Waals surface area contributed by atoms with E-state index < -0.39 is 0 Å². The van der Waals surface area contributed by atoms with E-state index >= 15 is 0 Å². The number of amides is 1. The van der Waals surface area contributed by atoms with Crippen molar-refractivity contribution in [3.8, 4) is 5.75 Å². The van der Waals surface area contributed by atoms with Crippen LogP contribution in [0.5, 0.6) is 5.75 Å². The number of hydrogen-bond acceptors (Lipinski definition) is 4. The summed E-state index contributed by atoms with van der Waals surface area (Å²) in [6, 6.07) is 7.75. The fraction of sp³-hybridized carbons (Fsp3) is 0.412. The highest BCUT2D eigenvalue weighted by atomic mass is 16.5. The Morgan fingerprint density at radius 2 is 2.05 bits per heavy atom. The van der Waals surface area contributed by atoms with Gasteiger partial charge in [0.05, 0.1) is 12.8 Å². The van der Waals surface area contributed by atoms with Crippen molar-refractivity contribution in [2.24, 2.45) is 0 Å². The smallest absolute Gasteiger partial charge is 0.220 e. The summed E-state index contributed by atoms with van der Waals surface area (Å²) in [6.45, 7) is 4.29. The van der Waals surface area contributed by atoms with Crippen LogP contribution in [0.25, 0.3) is 0 Å². The van der Waals surface area contributed by atoms with Gasteiger partial charge in [-0.25, -0.2) is 4.98 Å². The predicted molar refractivity (Wildman–Crippen MR) is 84.0 cm³/mol. The van der Waals surface area contributed by atoms with Gasteiger partial charge < -0.3 is 14.5 Å². The normalized spacial score (nSPS) is 10.5. The fourth-order valence-electron chi connectivity index (χ4n) is 2.37. The molecule has 0 radical (unpaired) electrons. The van der Waals surface area contributed by atoms with E-state index in [2.05, 4.69) is 10.3 Å². The topological polar surface area (TPSA) is 64.4 Å². The zero-order valence-electron chi connectivity index (χ0n) is 13.3. The number of nitrogens with one attached hydrogen (secondary N) is 1. The second-order valence-corrected chi connectivity index (χ2v) is 5.15. The minimum absolute atomic E-state index is 0.0276. The molecule has 1 aromatic heterocycles. The molecule has 0 aliphatic rings. The first-order chi connectivity index (χ1) is 10.6. The monoisotopic (exact) mass is 302 g/mol. The van der Waals surface area contributed by atoms with Crippen molar-refractivity contribution in [3.63, 3.8) is 0 Å². The van der Waals surface area contributed by atoms with Crippen LogP contribution in [0.1, 0.15) is 29.3 Å². The van der Waals surface area contributed by atoms with Gasteiger partial charge in [0, 0.05) is 26.3 Å². The molecule has 118 valence electrons. The van der Waals surface area contributed by atoms with E-state index in [1.54, 1.807) is 7.11 Å². The van der Waals surface area contributed by atoms with Gasteiger partial charge in [-0.05, 0) is 25.0 Å². The molecule has 0 saturated heterocycles. The number of carbonyl (C=O) groups is 1. The van der Waals surface area contributed by atoms with Crippen LogP contribution in [0.4, 0.5) is 0 Å². The van der Waals surface area contributed by atoms with Gasteiger partial charge in [-0.2, -0.15) is 0 Å². The Bertz CT molecular complexity index is 635. The number of hydrogen-bond donors (Lipinski definition) is 1. The maximum atomic E-state index is 11.9. The molecule has 0 bridgehead atoms. The summed E-state index contributed by atoms with van der Waals surface area (Å²) in [7, 11) is 1.64. The number of para-hydroxylation sites is 1. The Balaban J connectivity index is 1.75. The summed E-state index contributed by atoms with van der Waals surface area (Å²) in [5.41, 5.74) is 1.93. The molecule has 1 amide bonds. The second kappa shape index (κ2) is 7.64. The molecule has 1 aromatic carbocycles. The number of aromatic nitrogens is 1. The molecule has 0 atom stereocenters. The number of aryl methyl sites for hydroxylation is 3. The molecule has 0 spiro atoms. The molecule has 22 heavy (non-hydrogen) atoms. The lowest BCUT2D eigenvalue weighted by molar-refractivity contribution is -0.121. The molecule has 0 aliphatic carbocycles. The van der Waals surface area contributed by atoms with Crippen molar-refractivity contribution in [3.05, 3.63) is 47.2 Å². The van der Waals surface area contributed by atoms with Crippen LogP contribution < -0.4 is 10.1 Å². The van der Waals surface area contributed by atoms with Crippen LogP contribution in [0.2, 0.25) is 0 Å². The Morgan fingerprint density at radius 1 is 1.27 bits per heavy atom. The summed E-state index contributed by atoms with van der Waals surface area (Å²) in [5.74, 6) is 2.35. The van der Waals surface area contributed by atoms with Gasteiger partial charge in [0.2, 0.25) is 5.91 Å². The van der Waals surface area contributed by atoms with E-state index in [9.17, 15) is 4.79 Å².